The summed E-state index contributed by atoms with van der Waals surface area (Å²) in [5, 5.41) is 2.74. The molecule has 0 fully saturated rings. The zero-order valence-corrected chi connectivity index (χ0v) is 13.2. The second kappa shape index (κ2) is 7.93. The molecule has 0 unspecified atom stereocenters. The Morgan fingerprint density at radius 3 is 2.39 bits per heavy atom. The molecule has 0 bridgehead atoms. The summed E-state index contributed by atoms with van der Waals surface area (Å²) in [6, 6.07) is 12.6. The average Bonchev–Trinajstić information content (AvgIpc) is 2.57. The largest absolute Gasteiger partial charge is 0.493 e. The lowest BCUT2D eigenvalue weighted by Gasteiger charge is -2.13. The van der Waals surface area contributed by atoms with Gasteiger partial charge in [0, 0.05) is 12.1 Å². The molecule has 0 saturated carbocycles. The lowest BCUT2D eigenvalue weighted by Crippen LogP contribution is -2.16. The Labute approximate surface area is 135 Å². The highest BCUT2D eigenvalue weighted by atomic mass is 16.5. The van der Waals surface area contributed by atoms with E-state index in [2.05, 4.69) is 5.32 Å². The van der Waals surface area contributed by atoms with Crippen LogP contribution in [-0.4, -0.2) is 26.7 Å². The van der Waals surface area contributed by atoms with Crippen molar-refractivity contribution in [1.82, 2.24) is 0 Å². The zero-order valence-electron chi connectivity index (χ0n) is 13.2. The van der Waals surface area contributed by atoms with Crippen LogP contribution in [0, 0.1) is 0 Å². The summed E-state index contributed by atoms with van der Waals surface area (Å²) in [7, 11) is 3.05. The number of para-hydroxylation sites is 1. The molecule has 0 spiro atoms. The number of rotatable bonds is 7. The van der Waals surface area contributed by atoms with Crippen LogP contribution in [-0.2, 0) is 4.79 Å². The number of benzene rings is 2. The number of methoxy groups -OCH3 is 2. The Hall–Kier alpha value is -2.89. The third-order valence-corrected chi connectivity index (χ3v) is 3.17. The summed E-state index contributed by atoms with van der Waals surface area (Å²) in [6.07, 6.45) is 0.211. The van der Waals surface area contributed by atoms with E-state index in [1.54, 1.807) is 12.1 Å². The van der Waals surface area contributed by atoms with Crippen molar-refractivity contribution in [1.29, 1.82) is 0 Å². The van der Waals surface area contributed by atoms with Gasteiger partial charge in [0.2, 0.25) is 5.91 Å². The monoisotopic (exact) mass is 316 g/mol. The highest BCUT2D eigenvalue weighted by molar-refractivity contribution is 5.94. The molecule has 6 nitrogen and oxygen atoms in total. The number of nitrogen functional groups attached to an aromatic ring is 1. The molecule has 2 aromatic rings. The first kappa shape index (κ1) is 16.5. The number of hydrogen-bond donors (Lipinski definition) is 2. The molecule has 0 aliphatic heterocycles. The molecule has 23 heavy (non-hydrogen) atoms. The predicted octanol–water partition coefficient (Wildman–Crippen LogP) is 2.69. The van der Waals surface area contributed by atoms with E-state index in [9.17, 15) is 4.79 Å². The molecule has 0 radical (unpaired) electrons. The van der Waals surface area contributed by atoms with Crippen LogP contribution in [0.3, 0.4) is 0 Å². The summed E-state index contributed by atoms with van der Waals surface area (Å²) < 4.78 is 15.8. The van der Waals surface area contributed by atoms with Crippen LogP contribution in [0.25, 0.3) is 0 Å². The molecule has 0 heterocycles. The second-order valence-corrected chi connectivity index (χ2v) is 4.75. The maximum atomic E-state index is 12.0. The Kier molecular flexibility index (Phi) is 5.68. The number of ether oxygens (including phenoxy) is 3. The van der Waals surface area contributed by atoms with Gasteiger partial charge in [-0.05, 0) is 12.1 Å². The van der Waals surface area contributed by atoms with Gasteiger partial charge in [-0.15, -0.1) is 0 Å². The van der Waals surface area contributed by atoms with E-state index >= 15 is 0 Å². The molecular formula is C17H20N2O4. The smallest absolute Gasteiger partial charge is 0.227 e. The maximum absolute atomic E-state index is 12.0. The summed E-state index contributed by atoms with van der Waals surface area (Å²) in [6.45, 7) is 0.281. The van der Waals surface area contributed by atoms with Gasteiger partial charge in [-0.3, -0.25) is 4.79 Å². The lowest BCUT2D eigenvalue weighted by molar-refractivity contribution is -0.116. The summed E-state index contributed by atoms with van der Waals surface area (Å²) in [5.74, 6) is 1.54. The number of nitrogens with two attached hydrogens (primary N) is 1. The fraction of sp³-hybridized carbons (Fsp3) is 0.235. The second-order valence-electron chi connectivity index (χ2n) is 4.75. The summed E-state index contributed by atoms with van der Waals surface area (Å²) in [5.41, 5.74) is 6.79. The maximum Gasteiger partial charge on any atom is 0.227 e. The molecule has 1 amide bonds. The minimum atomic E-state index is -0.195. The molecular weight excluding hydrogens is 296 g/mol. The van der Waals surface area contributed by atoms with Crippen molar-refractivity contribution < 1.29 is 19.0 Å². The standard InChI is InChI=1S/C17H20N2O4/c1-21-15-10-13(18)14(11-16(15)22-2)19-17(20)8-9-23-12-6-4-3-5-7-12/h3-7,10-11H,8-9,18H2,1-2H3,(H,19,20). The minimum Gasteiger partial charge on any atom is -0.493 e. The molecule has 0 aliphatic rings. The first-order valence-electron chi connectivity index (χ1n) is 7.13. The topological polar surface area (TPSA) is 82.8 Å². The van der Waals surface area contributed by atoms with Gasteiger partial charge in [0.15, 0.2) is 11.5 Å². The van der Waals surface area contributed by atoms with Crippen molar-refractivity contribution in [2.24, 2.45) is 0 Å². The molecule has 6 heteroatoms. The molecule has 2 aromatic carbocycles. The zero-order chi connectivity index (χ0) is 16.7. The van der Waals surface area contributed by atoms with E-state index in [4.69, 9.17) is 19.9 Å². The van der Waals surface area contributed by atoms with Crippen LogP contribution in [0.1, 0.15) is 6.42 Å². The number of anilines is 2. The van der Waals surface area contributed by atoms with Gasteiger partial charge in [-0.1, -0.05) is 18.2 Å². The molecule has 2 rings (SSSR count). The van der Waals surface area contributed by atoms with Crippen molar-refractivity contribution in [2.45, 2.75) is 6.42 Å². The van der Waals surface area contributed by atoms with Gasteiger partial charge in [0.1, 0.15) is 5.75 Å². The van der Waals surface area contributed by atoms with Gasteiger partial charge in [0.05, 0.1) is 38.6 Å². The fourth-order valence-electron chi connectivity index (χ4n) is 1.99. The van der Waals surface area contributed by atoms with Crippen molar-refractivity contribution >= 4 is 17.3 Å². The number of hydrogen-bond acceptors (Lipinski definition) is 5. The van der Waals surface area contributed by atoms with Crippen LogP contribution in [0.5, 0.6) is 17.2 Å². The van der Waals surface area contributed by atoms with Crippen molar-refractivity contribution in [2.75, 3.05) is 31.9 Å². The average molecular weight is 316 g/mol. The lowest BCUT2D eigenvalue weighted by atomic mass is 10.2. The Morgan fingerprint density at radius 1 is 1.09 bits per heavy atom. The predicted molar refractivity (Wildman–Crippen MR) is 89.1 cm³/mol. The van der Waals surface area contributed by atoms with Gasteiger partial charge in [-0.25, -0.2) is 0 Å². The normalized spacial score (nSPS) is 10.0. The minimum absolute atomic E-state index is 0.195. The van der Waals surface area contributed by atoms with Gasteiger partial charge in [-0.2, -0.15) is 0 Å². The van der Waals surface area contributed by atoms with Gasteiger partial charge >= 0.3 is 0 Å². The van der Waals surface area contributed by atoms with Crippen molar-refractivity contribution in [3.8, 4) is 17.2 Å². The van der Waals surface area contributed by atoms with Crippen molar-refractivity contribution in [3.05, 3.63) is 42.5 Å². The molecule has 3 N–H and O–H groups in total. The molecule has 0 saturated heterocycles. The van der Waals surface area contributed by atoms with E-state index < -0.39 is 0 Å². The first-order valence-corrected chi connectivity index (χ1v) is 7.13. The molecule has 0 aromatic heterocycles. The third-order valence-electron chi connectivity index (χ3n) is 3.17. The van der Waals surface area contributed by atoms with E-state index in [-0.39, 0.29) is 18.9 Å². The third kappa shape index (κ3) is 4.54. The first-order chi connectivity index (χ1) is 11.1. The quantitative estimate of drug-likeness (QED) is 0.767. The number of carbonyl (C=O) groups excluding carboxylic acids is 1. The number of nitrogens with one attached hydrogen (secondary N) is 1. The van der Waals surface area contributed by atoms with Crippen LogP contribution in [0.15, 0.2) is 42.5 Å². The van der Waals surface area contributed by atoms with E-state index in [1.165, 1.54) is 14.2 Å². The van der Waals surface area contributed by atoms with Gasteiger partial charge < -0.3 is 25.3 Å². The van der Waals surface area contributed by atoms with Crippen LogP contribution < -0.4 is 25.3 Å². The SMILES string of the molecule is COc1cc(N)c(NC(=O)CCOc2ccccc2)cc1OC. The molecule has 122 valence electrons. The summed E-state index contributed by atoms with van der Waals surface area (Å²) >= 11 is 0. The highest BCUT2D eigenvalue weighted by Gasteiger charge is 2.11. The molecule has 0 atom stereocenters. The Balaban J connectivity index is 1.92. The van der Waals surface area contributed by atoms with Crippen molar-refractivity contribution in [3.63, 3.8) is 0 Å². The van der Waals surface area contributed by atoms with Crippen LogP contribution >= 0.6 is 0 Å². The number of amides is 1. The van der Waals surface area contributed by atoms with Crippen LogP contribution in [0.2, 0.25) is 0 Å². The molecule has 0 aliphatic carbocycles. The Morgan fingerprint density at radius 2 is 1.74 bits per heavy atom. The Bertz CT molecular complexity index is 659. The van der Waals surface area contributed by atoms with E-state index in [1.807, 2.05) is 30.3 Å². The van der Waals surface area contributed by atoms with E-state index in [0.717, 1.165) is 5.75 Å². The van der Waals surface area contributed by atoms with Crippen LogP contribution in [0.4, 0.5) is 11.4 Å². The van der Waals surface area contributed by atoms with Gasteiger partial charge in [0.25, 0.3) is 0 Å². The van der Waals surface area contributed by atoms with E-state index in [0.29, 0.717) is 22.9 Å². The summed E-state index contributed by atoms with van der Waals surface area (Å²) in [4.78, 5) is 12.0. The highest BCUT2D eigenvalue weighted by Crippen LogP contribution is 2.34. The fourth-order valence-corrected chi connectivity index (χ4v) is 1.99. The number of carbonyl (C=O) groups is 1.